The molecule has 2 aromatic carbocycles. The molecule has 0 radical (unpaired) electrons. The third kappa shape index (κ3) is 5.38. The van der Waals surface area contributed by atoms with Gasteiger partial charge in [-0.3, -0.25) is 0 Å². The highest BCUT2D eigenvalue weighted by Crippen LogP contribution is 2.31. The van der Waals surface area contributed by atoms with Crippen molar-refractivity contribution in [2.24, 2.45) is 0 Å². The van der Waals surface area contributed by atoms with Gasteiger partial charge in [0.1, 0.15) is 0 Å². The van der Waals surface area contributed by atoms with Gasteiger partial charge in [0.05, 0.1) is 0 Å². The van der Waals surface area contributed by atoms with E-state index in [0.29, 0.717) is 0 Å². The van der Waals surface area contributed by atoms with Crippen molar-refractivity contribution in [1.29, 1.82) is 0 Å². The Bertz CT molecular complexity index is 971. The molecule has 1 aliphatic carbocycles. The Hall–Kier alpha value is -2.34. The Labute approximate surface area is 178 Å². The van der Waals surface area contributed by atoms with E-state index in [-0.39, 0.29) is 0 Å². The third-order valence-electron chi connectivity index (χ3n) is 6.20. The highest BCUT2D eigenvalue weighted by atomic mass is 14.2. The molecule has 0 amide bonds. The summed E-state index contributed by atoms with van der Waals surface area (Å²) in [6.07, 6.45) is 12.5. The van der Waals surface area contributed by atoms with E-state index in [0.717, 1.165) is 32.1 Å². The molecule has 29 heavy (non-hydrogen) atoms. The van der Waals surface area contributed by atoms with Gasteiger partial charge < -0.3 is 0 Å². The van der Waals surface area contributed by atoms with Gasteiger partial charge in [-0.15, -0.1) is 0 Å². The lowest BCUT2D eigenvalue weighted by molar-refractivity contribution is 0.980. The Morgan fingerprint density at radius 3 is 2.21 bits per heavy atom. The fourth-order valence-electron chi connectivity index (χ4n) is 4.20. The van der Waals surface area contributed by atoms with Crippen molar-refractivity contribution < 1.29 is 0 Å². The second-order valence-electron chi connectivity index (χ2n) is 9.03. The van der Waals surface area contributed by atoms with E-state index < -0.39 is 0 Å². The minimum absolute atomic E-state index is 1.03. The lowest BCUT2D eigenvalue weighted by atomic mass is 9.91. The summed E-state index contributed by atoms with van der Waals surface area (Å²) in [5, 5.41) is 0. The standard InChI is InChI=1S/C29H36/c1-20(2)7-10-24-13-15-26-16-14-25(17-18-29(26)23(24)6)28-12-9-22(5)27(19-28)11-8-21(3)4/h7-9,12-15,19H,10-11,16-18H2,1-6H3. The number of allylic oxidation sites excluding steroid dienone is 6. The average molecular weight is 385 g/mol. The molecule has 152 valence electrons. The second kappa shape index (κ2) is 9.44. The molecular formula is C29H36. The highest BCUT2D eigenvalue weighted by Gasteiger charge is 2.15. The van der Waals surface area contributed by atoms with Crippen molar-refractivity contribution in [3.05, 3.63) is 98.7 Å². The SMILES string of the molecule is CC(C)=CCc1cc(C2=CCc3ccc(CC=C(C)C)c(C)c3CC2)ccc1C. The fraction of sp³-hybridized carbons (Fsp3) is 0.379. The summed E-state index contributed by atoms with van der Waals surface area (Å²) in [5.41, 5.74) is 14.6. The predicted molar refractivity (Wildman–Crippen MR) is 129 cm³/mol. The summed E-state index contributed by atoms with van der Waals surface area (Å²) in [5.74, 6) is 0. The third-order valence-corrected chi connectivity index (χ3v) is 6.20. The van der Waals surface area contributed by atoms with Crippen LogP contribution in [0.3, 0.4) is 0 Å². The van der Waals surface area contributed by atoms with Crippen LogP contribution in [0.5, 0.6) is 0 Å². The molecule has 0 fully saturated rings. The summed E-state index contributed by atoms with van der Waals surface area (Å²) in [6, 6.07) is 11.7. The summed E-state index contributed by atoms with van der Waals surface area (Å²) in [7, 11) is 0. The van der Waals surface area contributed by atoms with Gasteiger partial charge in [0.15, 0.2) is 0 Å². The maximum Gasteiger partial charge on any atom is -0.00886 e. The number of hydrogen-bond acceptors (Lipinski definition) is 0. The molecule has 0 N–H and O–H groups in total. The summed E-state index contributed by atoms with van der Waals surface area (Å²) in [4.78, 5) is 0. The number of fused-ring (bicyclic) bond motifs is 1. The van der Waals surface area contributed by atoms with Gasteiger partial charge in [-0.2, -0.15) is 0 Å². The quantitative estimate of drug-likeness (QED) is 0.460. The molecule has 1 aliphatic rings. The van der Waals surface area contributed by atoms with Crippen LogP contribution in [0.25, 0.3) is 5.57 Å². The molecular weight excluding hydrogens is 348 g/mol. The van der Waals surface area contributed by atoms with Crippen LogP contribution in [-0.4, -0.2) is 0 Å². The summed E-state index contributed by atoms with van der Waals surface area (Å²) in [6.45, 7) is 13.3. The Morgan fingerprint density at radius 2 is 1.52 bits per heavy atom. The Kier molecular flexibility index (Phi) is 6.96. The largest absolute Gasteiger partial charge is 0.0815 e. The predicted octanol–water partition coefficient (Wildman–Crippen LogP) is 7.89. The molecule has 0 saturated heterocycles. The van der Waals surface area contributed by atoms with Gasteiger partial charge in [0, 0.05) is 0 Å². The highest BCUT2D eigenvalue weighted by molar-refractivity contribution is 5.68. The fourth-order valence-corrected chi connectivity index (χ4v) is 4.20. The summed E-state index contributed by atoms with van der Waals surface area (Å²) < 4.78 is 0. The molecule has 0 heterocycles. The van der Waals surface area contributed by atoms with Crippen LogP contribution in [0.2, 0.25) is 0 Å². The lowest BCUT2D eigenvalue weighted by Crippen LogP contribution is -2.00. The Morgan fingerprint density at radius 1 is 0.828 bits per heavy atom. The monoisotopic (exact) mass is 384 g/mol. The van der Waals surface area contributed by atoms with Crippen molar-refractivity contribution in [2.45, 2.75) is 73.6 Å². The van der Waals surface area contributed by atoms with E-state index in [4.69, 9.17) is 0 Å². The normalized spacial score (nSPS) is 13.2. The lowest BCUT2D eigenvalue weighted by Gasteiger charge is -2.14. The first-order chi connectivity index (χ1) is 13.8. The topological polar surface area (TPSA) is 0 Å². The van der Waals surface area contributed by atoms with Gasteiger partial charge in [-0.25, -0.2) is 0 Å². The maximum atomic E-state index is 2.47. The first-order valence-corrected chi connectivity index (χ1v) is 11.0. The minimum atomic E-state index is 1.03. The molecule has 0 atom stereocenters. The Balaban J connectivity index is 1.84. The van der Waals surface area contributed by atoms with E-state index in [1.165, 1.54) is 50.1 Å². The van der Waals surface area contributed by atoms with Crippen LogP contribution in [0.1, 0.15) is 73.1 Å². The molecule has 0 aromatic heterocycles. The molecule has 0 unspecified atom stereocenters. The number of benzene rings is 2. The number of rotatable bonds is 5. The van der Waals surface area contributed by atoms with E-state index in [1.54, 1.807) is 5.56 Å². The van der Waals surface area contributed by atoms with E-state index >= 15 is 0 Å². The molecule has 2 aromatic rings. The second-order valence-corrected chi connectivity index (χ2v) is 9.03. The van der Waals surface area contributed by atoms with Crippen molar-refractivity contribution in [1.82, 2.24) is 0 Å². The number of aryl methyl sites for hydroxylation is 1. The molecule has 0 bridgehead atoms. The van der Waals surface area contributed by atoms with Crippen molar-refractivity contribution in [3.8, 4) is 0 Å². The molecule has 0 heteroatoms. The van der Waals surface area contributed by atoms with Gasteiger partial charge >= 0.3 is 0 Å². The van der Waals surface area contributed by atoms with E-state index in [2.05, 4.69) is 90.1 Å². The first-order valence-electron chi connectivity index (χ1n) is 11.0. The van der Waals surface area contributed by atoms with E-state index in [1.807, 2.05) is 0 Å². The molecule has 3 rings (SSSR count). The smallest absolute Gasteiger partial charge is 0.00886 e. The summed E-state index contributed by atoms with van der Waals surface area (Å²) >= 11 is 0. The first kappa shape index (κ1) is 21.4. The van der Waals surface area contributed by atoms with Crippen LogP contribution < -0.4 is 0 Å². The van der Waals surface area contributed by atoms with Crippen LogP contribution in [0, 0.1) is 13.8 Å². The average Bonchev–Trinajstić information content (AvgIpc) is 2.90. The van der Waals surface area contributed by atoms with E-state index in [9.17, 15) is 0 Å². The molecule has 0 saturated carbocycles. The zero-order chi connectivity index (χ0) is 21.0. The van der Waals surface area contributed by atoms with Gasteiger partial charge in [0.2, 0.25) is 0 Å². The van der Waals surface area contributed by atoms with Crippen LogP contribution >= 0.6 is 0 Å². The van der Waals surface area contributed by atoms with Crippen molar-refractivity contribution in [2.75, 3.05) is 0 Å². The van der Waals surface area contributed by atoms with Crippen molar-refractivity contribution >= 4 is 5.57 Å². The zero-order valence-electron chi connectivity index (χ0n) is 19.2. The number of hydrogen-bond donors (Lipinski definition) is 0. The minimum Gasteiger partial charge on any atom is -0.0815 e. The molecule has 0 spiro atoms. The van der Waals surface area contributed by atoms with Crippen LogP contribution in [-0.2, 0) is 25.7 Å². The molecule has 0 aliphatic heterocycles. The van der Waals surface area contributed by atoms with Crippen molar-refractivity contribution in [3.63, 3.8) is 0 Å². The van der Waals surface area contributed by atoms with Gasteiger partial charge in [0.25, 0.3) is 0 Å². The zero-order valence-corrected chi connectivity index (χ0v) is 19.2. The maximum absolute atomic E-state index is 2.47. The van der Waals surface area contributed by atoms with Gasteiger partial charge in [-0.05, 0) is 118 Å². The van der Waals surface area contributed by atoms with Crippen LogP contribution in [0.15, 0.2) is 59.7 Å². The van der Waals surface area contributed by atoms with Gasteiger partial charge in [-0.1, -0.05) is 59.7 Å². The molecule has 0 nitrogen and oxygen atoms in total. The van der Waals surface area contributed by atoms with Crippen LogP contribution in [0.4, 0.5) is 0 Å².